The van der Waals surface area contributed by atoms with Crippen LogP contribution in [0.4, 0.5) is 0 Å². The van der Waals surface area contributed by atoms with Gasteiger partial charge in [0.05, 0.1) is 5.52 Å². The minimum absolute atomic E-state index is 0.108. The number of carbonyl (C=O) groups excluding carboxylic acids is 1. The third kappa shape index (κ3) is 2.15. The smallest absolute Gasteiger partial charge is 0.160 e. The largest absolute Gasteiger partial charge is 0.294 e. The average molecular weight is 241 g/mol. The van der Waals surface area contributed by atoms with Gasteiger partial charge in [-0.2, -0.15) is 0 Å². The van der Waals surface area contributed by atoms with Gasteiger partial charge >= 0.3 is 0 Å². The number of ketones is 1. The van der Waals surface area contributed by atoms with Crippen LogP contribution in [0.3, 0.4) is 0 Å². The van der Waals surface area contributed by atoms with Crippen molar-refractivity contribution >= 4 is 16.7 Å². The van der Waals surface area contributed by atoms with Crippen molar-refractivity contribution in [1.29, 1.82) is 0 Å². The second-order valence-corrected chi connectivity index (χ2v) is 5.28. The Hall–Kier alpha value is -1.70. The number of hydrogen-bond acceptors (Lipinski definition) is 2. The summed E-state index contributed by atoms with van der Waals surface area (Å²) < 4.78 is 0. The molecule has 2 aromatic rings. The molecule has 0 aliphatic rings. The van der Waals surface area contributed by atoms with Gasteiger partial charge in [-0.05, 0) is 49.9 Å². The number of fused-ring (bicyclic) bond motifs is 1. The van der Waals surface area contributed by atoms with E-state index in [1.807, 2.05) is 13.0 Å². The quantitative estimate of drug-likeness (QED) is 0.738. The van der Waals surface area contributed by atoms with E-state index < -0.39 is 0 Å². The van der Waals surface area contributed by atoms with E-state index in [1.165, 1.54) is 5.56 Å². The van der Waals surface area contributed by atoms with Crippen molar-refractivity contribution < 1.29 is 4.79 Å². The zero-order valence-electron chi connectivity index (χ0n) is 11.7. The second kappa shape index (κ2) is 4.52. The van der Waals surface area contributed by atoms with E-state index in [2.05, 4.69) is 37.9 Å². The van der Waals surface area contributed by atoms with E-state index in [1.54, 1.807) is 6.92 Å². The molecule has 2 heteroatoms. The minimum Gasteiger partial charge on any atom is -0.294 e. The molecular formula is C16H19NO. The van der Waals surface area contributed by atoms with Crippen molar-refractivity contribution in [2.24, 2.45) is 0 Å². The molecule has 0 amide bonds. The Bertz CT molecular complexity index is 627. The molecule has 0 bridgehead atoms. The number of Topliss-reactive ketones (excluding diaryl/α,β-unsaturated/α-hetero) is 1. The van der Waals surface area contributed by atoms with E-state index in [9.17, 15) is 4.79 Å². The minimum atomic E-state index is 0.108. The number of pyridine rings is 1. The average Bonchev–Trinajstić information content (AvgIpc) is 2.26. The van der Waals surface area contributed by atoms with Crippen LogP contribution in [0.15, 0.2) is 18.2 Å². The third-order valence-corrected chi connectivity index (χ3v) is 3.24. The van der Waals surface area contributed by atoms with E-state index in [-0.39, 0.29) is 5.78 Å². The monoisotopic (exact) mass is 241 g/mol. The maximum atomic E-state index is 11.8. The summed E-state index contributed by atoms with van der Waals surface area (Å²) in [6.45, 7) is 9.92. The fourth-order valence-corrected chi connectivity index (χ4v) is 2.35. The molecule has 0 spiro atoms. The molecular weight excluding hydrogens is 222 g/mol. The standard InChI is InChI=1S/C16H19NO/c1-9(2)14-8-13(12(5)18)16-11(4)6-10(3)7-15(16)17-14/h6-9H,1-5H3. The van der Waals surface area contributed by atoms with Crippen molar-refractivity contribution in [3.8, 4) is 0 Å². The molecule has 0 saturated heterocycles. The van der Waals surface area contributed by atoms with Gasteiger partial charge in [-0.25, -0.2) is 0 Å². The van der Waals surface area contributed by atoms with Gasteiger partial charge in [0.2, 0.25) is 0 Å². The molecule has 0 atom stereocenters. The lowest BCUT2D eigenvalue weighted by Crippen LogP contribution is -2.02. The molecule has 1 aromatic heterocycles. The fourth-order valence-electron chi connectivity index (χ4n) is 2.35. The Morgan fingerprint density at radius 1 is 1.17 bits per heavy atom. The molecule has 94 valence electrons. The summed E-state index contributed by atoms with van der Waals surface area (Å²) in [4.78, 5) is 16.5. The maximum Gasteiger partial charge on any atom is 0.160 e. The molecule has 2 nitrogen and oxygen atoms in total. The predicted molar refractivity (Wildman–Crippen MR) is 75.3 cm³/mol. The Labute approximate surface area is 108 Å². The van der Waals surface area contributed by atoms with Gasteiger partial charge in [0.25, 0.3) is 0 Å². The Morgan fingerprint density at radius 2 is 1.83 bits per heavy atom. The number of carbonyl (C=O) groups is 1. The lowest BCUT2D eigenvalue weighted by Gasteiger charge is -2.12. The normalized spacial score (nSPS) is 11.2. The SMILES string of the molecule is CC(=O)c1cc(C(C)C)nc2cc(C)cc(C)c12. The topological polar surface area (TPSA) is 30.0 Å². The Kier molecular flexibility index (Phi) is 3.20. The third-order valence-electron chi connectivity index (χ3n) is 3.24. The van der Waals surface area contributed by atoms with Crippen LogP contribution in [-0.4, -0.2) is 10.8 Å². The van der Waals surface area contributed by atoms with Crippen LogP contribution in [0.25, 0.3) is 10.9 Å². The highest BCUT2D eigenvalue weighted by Gasteiger charge is 2.13. The van der Waals surface area contributed by atoms with E-state index in [0.717, 1.165) is 27.7 Å². The summed E-state index contributed by atoms with van der Waals surface area (Å²) >= 11 is 0. The van der Waals surface area contributed by atoms with Crippen LogP contribution in [0.1, 0.15) is 53.9 Å². The van der Waals surface area contributed by atoms with Crippen molar-refractivity contribution in [3.63, 3.8) is 0 Å². The molecule has 0 aliphatic heterocycles. The molecule has 1 heterocycles. The highest BCUT2D eigenvalue weighted by atomic mass is 16.1. The lowest BCUT2D eigenvalue weighted by atomic mass is 9.96. The first-order valence-corrected chi connectivity index (χ1v) is 6.33. The van der Waals surface area contributed by atoms with Gasteiger partial charge < -0.3 is 0 Å². The zero-order valence-corrected chi connectivity index (χ0v) is 11.7. The van der Waals surface area contributed by atoms with Gasteiger partial charge in [0.1, 0.15) is 0 Å². The number of nitrogens with zero attached hydrogens (tertiary/aromatic N) is 1. The highest BCUT2D eigenvalue weighted by molar-refractivity contribution is 6.07. The van der Waals surface area contributed by atoms with Crippen LogP contribution in [0, 0.1) is 13.8 Å². The molecule has 0 saturated carbocycles. The van der Waals surface area contributed by atoms with Gasteiger partial charge in [-0.15, -0.1) is 0 Å². The highest BCUT2D eigenvalue weighted by Crippen LogP contribution is 2.26. The van der Waals surface area contributed by atoms with E-state index >= 15 is 0 Å². The number of benzene rings is 1. The van der Waals surface area contributed by atoms with Crippen LogP contribution in [0.2, 0.25) is 0 Å². The molecule has 0 aliphatic carbocycles. The van der Waals surface area contributed by atoms with E-state index in [4.69, 9.17) is 0 Å². The Morgan fingerprint density at radius 3 is 2.39 bits per heavy atom. The molecule has 0 N–H and O–H groups in total. The first kappa shape index (κ1) is 12.7. The fraction of sp³-hybridized carbons (Fsp3) is 0.375. The van der Waals surface area contributed by atoms with Crippen LogP contribution in [-0.2, 0) is 0 Å². The molecule has 18 heavy (non-hydrogen) atoms. The van der Waals surface area contributed by atoms with Crippen molar-refractivity contribution in [3.05, 3.63) is 40.6 Å². The van der Waals surface area contributed by atoms with Gasteiger partial charge in [0, 0.05) is 16.6 Å². The first-order chi connectivity index (χ1) is 8.40. The molecule has 0 unspecified atom stereocenters. The first-order valence-electron chi connectivity index (χ1n) is 6.33. The molecule has 0 fully saturated rings. The molecule has 0 radical (unpaired) electrons. The summed E-state index contributed by atoms with van der Waals surface area (Å²) in [6.07, 6.45) is 0. The number of aromatic nitrogens is 1. The summed E-state index contributed by atoms with van der Waals surface area (Å²) in [7, 11) is 0. The summed E-state index contributed by atoms with van der Waals surface area (Å²) in [6, 6.07) is 6.10. The van der Waals surface area contributed by atoms with Gasteiger partial charge in [-0.1, -0.05) is 19.9 Å². The number of aryl methyl sites for hydroxylation is 2. The molecule has 1 aromatic carbocycles. The summed E-state index contributed by atoms with van der Waals surface area (Å²) in [5.41, 5.74) is 5.02. The van der Waals surface area contributed by atoms with E-state index in [0.29, 0.717) is 5.92 Å². The summed E-state index contributed by atoms with van der Waals surface area (Å²) in [5, 5.41) is 0.998. The van der Waals surface area contributed by atoms with Gasteiger partial charge in [-0.3, -0.25) is 9.78 Å². The summed E-state index contributed by atoms with van der Waals surface area (Å²) in [5.74, 6) is 0.435. The van der Waals surface area contributed by atoms with Crippen LogP contribution < -0.4 is 0 Å². The van der Waals surface area contributed by atoms with Crippen molar-refractivity contribution in [1.82, 2.24) is 4.98 Å². The van der Waals surface area contributed by atoms with Crippen LogP contribution in [0.5, 0.6) is 0 Å². The van der Waals surface area contributed by atoms with Crippen LogP contribution >= 0.6 is 0 Å². The Balaban J connectivity index is 2.90. The second-order valence-electron chi connectivity index (χ2n) is 5.28. The number of hydrogen-bond donors (Lipinski definition) is 0. The number of rotatable bonds is 2. The molecule has 2 rings (SSSR count). The zero-order chi connectivity index (χ0) is 13.4. The van der Waals surface area contributed by atoms with Gasteiger partial charge in [0.15, 0.2) is 5.78 Å². The predicted octanol–water partition coefficient (Wildman–Crippen LogP) is 4.18. The lowest BCUT2D eigenvalue weighted by molar-refractivity contribution is 0.101. The van der Waals surface area contributed by atoms with Crippen molar-refractivity contribution in [2.45, 2.75) is 40.5 Å². The maximum absolute atomic E-state index is 11.8. The van der Waals surface area contributed by atoms with Crippen molar-refractivity contribution in [2.75, 3.05) is 0 Å².